The zero-order valence-electron chi connectivity index (χ0n) is 22.6. The molecule has 2 unspecified atom stereocenters. The molecule has 1 aliphatic heterocycles. The van der Waals surface area contributed by atoms with Crippen molar-refractivity contribution in [2.75, 3.05) is 31.8 Å². The van der Waals surface area contributed by atoms with Gasteiger partial charge in [0.15, 0.2) is 0 Å². The summed E-state index contributed by atoms with van der Waals surface area (Å²) in [5.74, 6) is 0.323. The number of carbonyl (C=O) groups is 1. The molecule has 0 aliphatic carbocycles. The van der Waals surface area contributed by atoms with Crippen LogP contribution in [-0.4, -0.2) is 36.7 Å². The molecule has 0 saturated carbocycles. The van der Waals surface area contributed by atoms with Gasteiger partial charge in [0.25, 0.3) is 0 Å². The fraction of sp³-hybridized carbons (Fsp3) is 0.387. The number of nitrogens with zero attached hydrogens (tertiary/aromatic N) is 1. The molecule has 0 bridgehead atoms. The summed E-state index contributed by atoms with van der Waals surface area (Å²) in [5.41, 5.74) is 15.9. The minimum Gasteiger partial charge on any atom is -0.497 e. The minimum absolute atomic E-state index is 0.00952. The van der Waals surface area contributed by atoms with Gasteiger partial charge in [0.05, 0.1) is 24.9 Å². The summed E-state index contributed by atoms with van der Waals surface area (Å²) in [4.78, 5) is 14.4. The monoisotopic (exact) mass is 501 g/mol. The first-order valence-electron chi connectivity index (χ1n) is 13.0. The molecule has 1 heterocycles. The van der Waals surface area contributed by atoms with E-state index < -0.39 is 5.97 Å². The normalized spacial score (nSPS) is 16.5. The van der Waals surface area contributed by atoms with E-state index in [1.807, 2.05) is 26.1 Å². The van der Waals surface area contributed by atoms with Crippen LogP contribution in [0.25, 0.3) is 0 Å². The lowest BCUT2D eigenvalue weighted by Gasteiger charge is -2.26. The van der Waals surface area contributed by atoms with Crippen LogP contribution in [0.4, 0.5) is 11.4 Å². The zero-order valence-corrected chi connectivity index (χ0v) is 22.6. The van der Waals surface area contributed by atoms with Crippen LogP contribution in [0.3, 0.4) is 0 Å². The van der Waals surface area contributed by atoms with Crippen LogP contribution in [0.1, 0.15) is 58.2 Å². The maximum atomic E-state index is 11.9. The number of carboxylic acid groups (broad SMARTS) is 1. The summed E-state index contributed by atoms with van der Waals surface area (Å²) < 4.78 is 5.49. The third-order valence-electron chi connectivity index (χ3n) is 7.70. The Balaban J connectivity index is 1.68. The molecule has 37 heavy (non-hydrogen) atoms. The summed E-state index contributed by atoms with van der Waals surface area (Å²) in [6.07, 6.45) is 1.06. The average molecular weight is 502 g/mol. The Morgan fingerprint density at radius 3 is 2.65 bits per heavy atom. The van der Waals surface area contributed by atoms with Crippen LogP contribution >= 0.6 is 0 Å². The highest BCUT2D eigenvalue weighted by Gasteiger charge is 2.24. The van der Waals surface area contributed by atoms with Gasteiger partial charge in [-0.05, 0) is 83.3 Å². The number of aryl methyl sites for hydroxylation is 1. The summed E-state index contributed by atoms with van der Waals surface area (Å²) in [7, 11) is 3.55. The smallest absolute Gasteiger partial charge is 0.304 e. The summed E-state index contributed by atoms with van der Waals surface area (Å²) >= 11 is 0. The van der Waals surface area contributed by atoms with Gasteiger partial charge in [-0.3, -0.25) is 9.69 Å². The third-order valence-corrected chi connectivity index (χ3v) is 7.70. The number of rotatable bonds is 8. The predicted octanol–water partition coefficient (Wildman–Crippen LogP) is 5.74. The molecule has 0 spiro atoms. The van der Waals surface area contributed by atoms with Crippen LogP contribution in [0.2, 0.25) is 0 Å². The van der Waals surface area contributed by atoms with E-state index in [-0.39, 0.29) is 12.3 Å². The second-order valence-corrected chi connectivity index (χ2v) is 10.4. The van der Waals surface area contributed by atoms with E-state index in [9.17, 15) is 9.90 Å². The van der Waals surface area contributed by atoms with Gasteiger partial charge in [0.2, 0.25) is 0 Å². The Labute approximate surface area is 220 Å². The van der Waals surface area contributed by atoms with Crippen molar-refractivity contribution >= 4 is 17.3 Å². The van der Waals surface area contributed by atoms with Crippen molar-refractivity contribution in [1.29, 1.82) is 0 Å². The number of anilines is 2. The lowest BCUT2D eigenvalue weighted by atomic mass is 9.84. The lowest BCUT2D eigenvalue weighted by molar-refractivity contribution is -0.137. The van der Waals surface area contributed by atoms with E-state index in [0.717, 1.165) is 54.2 Å². The molecule has 1 aliphatic rings. The van der Waals surface area contributed by atoms with Crippen LogP contribution in [0.5, 0.6) is 5.75 Å². The predicted molar refractivity (Wildman–Crippen MR) is 150 cm³/mol. The third kappa shape index (κ3) is 5.91. The number of fused-ring (bicyclic) bond motifs is 1. The van der Waals surface area contributed by atoms with Gasteiger partial charge in [0.1, 0.15) is 5.75 Å². The highest BCUT2D eigenvalue weighted by atomic mass is 16.5. The van der Waals surface area contributed by atoms with E-state index in [0.29, 0.717) is 11.6 Å². The molecule has 3 aromatic carbocycles. The van der Waals surface area contributed by atoms with E-state index >= 15 is 0 Å². The molecular formula is C31H39N3O3. The molecule has 6 nitrogen and oxygen atoms in total. The number of methoxy groups -OCH3 is 1. The maximum absolute atomic E-state index is 11.9. The number of nitrogens with two attached hydrogens (primary N) is 1. The first-order chi connectivity index (χ1) is 17.7. The largest absolute Gasteiger partial charge is 0.497 e. The second kappa shape index (κ2) is 11.3. The van der Waals surface area contributed by atoms with Crippen LogP contribution in [-0.2, 0) is 24.3 Å². The Hall–Kier alpha value is -3.51. The van der Waals surface area contributed by atoms with Crippen LogP contribution < -0.4 is 15.8 Å². The topological polar surface area (TPSA) is 87.8 Å². The summed E-state index contributed by atoms with van der Waals surface area (Å²) in [5, 5.41) is 12.9. The average Bonchev–Trinajstić information content (AvgIpc) is 3.02. The van der Waals surface area contributed by atoms with Gasteiger partial charge in [-0.25, -0.2) is 0 Å². The highest BCUT2D eigenvalue weighted by Crippen LogP contribution is 2.36. The SMILES string of the molecule is CNc1ccc(C(CC(=O)O)c2ccc(C)c(CN3Cc4cc(OC)ccc4CC(C)C3)c2)c(C)c1N. The van der Waals surface area contributed by atoms with Crippen molar-refractivity contribution in [2.24, 2.45) is 5.92 Å². The molecule has 3 aromatic rings. The van der Waals surface area contributed by atoms with E-state index in [1.165, 1.54) is 22.3 Å². The number of hydrogen-bond donors (Lipinski definition) is 3. The number of nitrogen functional groups attached to an aromatic ring is 1. The molecule has 4 N–H and O–H groups in total. The molecule has 0 amide bonds. The zero-order chi connectivity index (χ0) is 26.7. The van der Waals surface area contributed by atoms with Gasteiger partial charge in [-0.2, -0.15) is 0 Å². The van der Waals surface area contributed by atoms with Crippen molar-refractivity contribution in [3.05, 3.63) is 87.5 Å². The Morgan fingerprint density at radius 2 is 1.95 bits per heavy atom. The molecule has 4 rings (SSSR count). The van der Waals surface area contributed by atoms with Gasteiger partial charge in [-0.1, -0.05) is 37.3 Å². The fourth-order valence-electron chi connectivity index (χ4n) is 5.62. The quantitative estimate of drug-likeness (QED) is 0.341. The summed E-state index contributed by atoms with van der Waals surface area (Å²) in [6.45, 7) is 9.08. The van der Waals surface area contributed by atoms with Gasteiger partial charge in [-0.15, -0.1) is 0 Å². The number of ether oxygens (including phenoxy) is 1. The molecule has 0 saturated heterocycles. The molecule has 0 radical (unpaired) electrons. The minimum atomic E-state index is -0.824. The van der Waals surface area contributed by atoms with Crippen molar-refractivity contribution < 1.29 is 14.6 Å². The maximum Gasteiger partial charge on any atom is 0.304 e. The van der Waals surface area contributed by atoms with E-state index in [4.69, 9.17) is 10.5 Å². The first-order valence-corrected chi connectivity index (χ1v) is 13.0. The standard InChI is InChI=1S/C31H39N3O3/c1-19-12-22-8-9-26(37-5)14-25(22)18-34(16-19)17-24-13-23(7-6-20(24)2)28(15-30(35)36)27-10-11-29(33-4)31(32)21(27)3/h6-11,13-14,19,28,33H,12,15-18,32H2,1-5H3,(H,35,36). The Morgan fingerprint density at radius 1 is 1.16 bits per heavy atom. The van der Waals surface area contributed by atoms with Crippen LogP contribution in [0.15, 0.2) is 48.5 Å². The van der Waals surface area contributed by atoms with Crippen molar-refractivity contribution in [3.8, 4) is 5.75 Å². The number of nitrogens with one attached hydrogen (secondary N) is 1. The highest BCUT2D eigenvalue weighted by molar-refractivity contribution is 5.74. The number of carboxylic acids is 1. The van der Waals surface area contributed by atoms with E-state index in [2.05, 4.69) is 60.5 Å². The Bertz CT molecular complexity index is 1290. The lowest BCUT2D eigenvalue weighted by Crippen LogP contribution is -2.26. The number of hydrogen-bond acceptors (Lipinski definition) is 5. The van der Waals surface area contributed by atoms with E-state index in [1.54, 1.807) is 7.11 Å². The van der Waals surface area contributed by atoms with Crippen molar-refractivity contribution in [1.82, 2.24) is 4.90 Å². The summed E-state index contributed by atoms with van der Waals surface area (Å²) in [6, 6.07) is 16.7. The molecular weight excluding hydrogens is 462 g/mol. The Kier molecular flexibility index (Phi) is 8.08. The number of benzene rings is 3. The number of aliphatic carboxylic acids is 1. The molecule has 0 fully saturated rings. The fourth-order valence-corrected chi connectivity index (χ4v) is 5.62. The van der Waals surface area contributed by atoms with Crippen molar-refractivity contribution in [2.45, 2.75) is 52.6 Å². The molecule has 196 valence electrons. The van der Waals surface area contributed by atoms with Gasteiger partial charge in [0, 0.05) is 32.6 Å². The van der Waals surface area contributed by atoms with Crippen molar-refractivity contribution in [3.63, 3.8) is 0 Å². The van der Waals surface area contributed by atoms with Crippen LogP contribution in [0, 0.1) is 19.8 Å². The van der Waals surface area contributed by atoms with Gasteiger partial charge < -0.3 is 20.9 Å². The molecule has 2 atom stereocenters. The molecule has 6 heteroatoms. The second-order valence-electron chi connectivity index (χ2n) is 10.4. The van der Waals surface area contributed by atoms with Gasteiger partial charge >= 0.3 is 5.97 Å². The molecule has 0 aromatic heterocycles. The first kappa shape index (κ1) is 26.6.